The molecule has 0 atom stereocenters. The van der Waals surface area contributed by atoms with Crippen LogP contribution in [0.3, 0.4) is 0 Å². The molecule has 1 fully saturated rings. The number of piperidine rings is 1. The van der Waals surface area contributed by atoms with Crippen LogP contribution in [0.1, 0.15) is 26.7 Å². The number of nitrogens with two attached hydrogens (primary N) is 1. The van der Waals surface area contributed by atoms with Gasteiger partial charge in [0.05, 0.1) is 17.5 Å². The molecule has 0 saturated carbocycles. The summed E-state index contributed by atoms with van der Waals surface area (Å²) in [4.78, 5) is 2.49. The van der Waals surface area contributed by atoms with Crippen molar-refractivity contribution in [1.29, 1.82) is 0 Å². The van der Waals surface area contributed by atoms with E-state index in [0.29, 0.717) is 35.2 Å². The average molecular weight is 320 g/mol. The number of fused-ring (bicyclic) bond motifs is 1. The Morgan fingerprint density at radius 3 is 2.70 bits per heavy atom. The Balaban J connectivity index is 1.65. The van der Waals surface area contributed by atoms with E-state index < -0.39 is 0 Å². The van der Waals surface area contributed by atoms with Gasteiger partial charge in [-0.05, 0) is 45.7 Å². The molecular formula is C17H25FN4O. The van der Waals surface area contributed by atoms with Crippen LogP contribution in [-0.4, -0.2) is 40.4 Å². The van der Waals surface area contributed by atoms with E-state index >= 15 is 0 Å². The minimum atomic E-state index is -0.377. The topological polar surface area (TPSA) is 56.3 Å². The van der Waals surface area contributed by atoms with E-state index in [1.165, 1.54) is 6.07 Å². The zero-order chi connectivity index (χ0) is 16.6. The number of benzene rings is 1. The minimum absolute atomic E-state index is 0.215. The molecule has 1 aliphatic heterocycles. The lowest BCUT2D eigenvalue weighted by Gasteiger charge is -2.34. The van der Waals surface area contributed by atoms with E-state index in [4.69, 9.17) is 10.5 Å². The molecule has 5 nitrogen and oxygen atoms in total. The standard InChI is InChI=1S/C17H25FN4O/c1-11(2)22-6-4-12(5-7-22)10-23-13-8-14(18)16-15(9-13)21(3)20-17(16)19/h8-9,11-12H,4-7,10H2,1-3H3,(H2,19,20). The molecule has 0 amide bonds. The van der Waals surface area contributed by atoms with E-state index in [-0.39, 0.29) is 11.6 Å². The van der Waals surface area contributed by atoms with Crippen LogP contribution in [-0.2, 0) is 7.05 Å². The van der Waals surface area contributed by atoms with Gasteiger partial charge in [-0.1, -0.05) is 0 Å². The lowest BCUT2D eigenvalue weighted by molar-refractivity contribution is 0.119. The van der Waals surface area contributed by atoms with E-state index in [1.807, 2.05) is 6.07 Å². The summed E-state index contributed by atoms with van der Waals surface area (Å²) in [7, 11) is 1.75. The van der Waals surface area contributed by atoms with Crippen molar-refractivity contribution in [3.63, 3.8) is 0 Å². The van der Waals surface area contributed by atoms with Crippen LogP contribution in [0.15, 0.2) is 12.1 Å². The normalized spacial score (nSPS) is 17.3. The summed E-state index contributed by atoms with van der Waals surface area (Å²) >= 11 is 0. The molecular weight excluding hydrogens is 295 g/mol. The van der Waals surface area contributed by atoms with E-state index in [9.17, 15) is 4.39 Å². The van der Waals surface area contributed by atoms with Gasteiger partial charge in [-0.2, -0.15) is 5.10 Å². The number of likely N-dealkylation sites (tertiary alicyclic amines) is 1. The summed E-state index contributed by atoms with van der Waals surface area (Å²) in [5.41, 5.74) is 6.40. The maximum absolute atomic E-state index is 14.2. The number of hydrogen-bond donors (Lipinski definition) is 1. The number of nitrogen functional groups attached to an aromatic ring is 1. The van der Waals surface area contributed by atoms with Crippen LogP contribution >= 0.6 is 0 Å². The SMILES string of the molecule is CC(C)N1CCC(COc2cc(F)c3c(N)nn(C)c3c2)CC1. The highest BCUT2D eigenvalue weighted by Gasteiger charge is 2.21. The van der Waals surface area contributed by atoms with Crippen molar-refractivity contribution in [2.45, 2.75) is 32.7 Å². The van der Waals surface area contributed by atoms with Gasteiger partial charge in [-0.3, -0.25) is 4.68 Å². The molecule has 1 aromatic heterocycles. The van der Waals surface area contributed by atoms with Gasteiger partial charge in [-0.15, -0.1) is 0 Å². The first-order chi connectivity index (χ1) is 11.0. The summed E-state index contributed by atoms with van der Waals surface area (Å²) in [6, 6.07) is 3.82. The van der Waals surface area contributed by atoms with Crippen molar-refractivity contribution < 1.29 is 9.13 Å². The van der Waals surface area contributed by atoms with Crippen LogP contribution < -0.4 is 10.5 Å². The Labute approximate surface area is 136 Å². The third-order valence-electron chi connectivity index (χ3n) is 4.77. The Morgan fingerprint density at radius 2 is 2.04 bits per heavy atom. The smallest absolute Gasteiger partial charge is 0.156 e. The first-order valence-electron chi connectivity index (χ1n) is 8.24. The van der Waals surface area contributed by atoms with E-state index in [0.717, 1.165) is 25.9 Å². The number of rotatable bonds is 4. The number of hydrogen-bond acceptors (Lipinski definition) is 4. The zero-order valence-corrected chi connectivity index (χ0v) is 14.1. The molecule has 0 radical (unpaired) electrons. The number of aryl methyl sites for hydroxylation is 1. The monoisotopic (exact) mass is 320 g/mol. The van der Waals surface area contributed by atoms with Crippen molar-refractivity contribution in [1.82, 2.24) is 14.7 Å². The van der Waals surface area contributed by atoms with Gasteiger partial charge in [0.15, 0.2) is 5.82 Å². The highest BCUT2D eigenvalue weighted by atomic mass is 19.1. The third kappa shape index (κ3) is 3.27. The number of halogens is 1. The van der Waals surface area contributed by atoms with Crippen molar-refractivity contribution in [2.75, 3.05) is 25.4 Å². The maximum Gasteiger partial charge on any atom is 0.156 e. The molecule has 0 unspecified atom stereocenters. The van der Waals surface area contributed by atoms with Gasteiger partial charge in [-0.25, -0.2) is 4.39 Å². The second kappa shape index (κ2) is 6.35. The molecule has 2 N–H and O–H groups in total. The maximum atomic E-state index is 14.2. The second-order valence-electron chi connectivity index (χ2n) is 6.69. The molecule has 0 spiro atoms. The lowest BCUT2D eigenvalue weighted by atomic mass is 9.97. The quantitative estimate of drug-likeness (QED) is 0.941. The van der Waals surface area contributed by atoms with E-state index in [1.54, 1.807) is 11.7 Å². The number of anilines is 1. The van der Waals surface area contributed by atoms with Crippen molar-refractivity contribution >= 4 is 16.7 Å². The average Bonchev–Trinajstić information content (AvgIpc) is 2.80. The summed E-state index contributed by atoms with van der Waals surface area (Å²) < 4.78 is 21.6. The number of nitrogens with zero attached hydrogens (tertiary/aromatic N) is 3. The fourth-order valence-electron chi connectivity index (χ4n) is 3.28. The van der Waals surface area contributed by atoms with Gasteiger partial charge in [0, 0.05) is 25.2 Å². The molecule has 126 valence electrons. The summed E-state index contributed by atoms with van der Waals surface area (Å²) in [6.45, 7) is 7.31. The summed E-state index contributed by atoms with van der Waals surface area (Å²) in [6.07, 6.45) is 2.25. The fourth-order valence-corrected chi connectivity index (χ4v) is 3.28. The van der Waals surface area contributed by atoms with Gasteiger partial charge in [0.2, 0.25) is 0 Å². The molecule has 1 aliphatic rings. The highest BCUT2D eigenvalue weighted by Crippen LogP contribution is 2.29. The summed E-state index contributed by atoms with van der Waals surface area (Å²) in [5, 5.41) is 4.43. The fraction of sp³-hybridized carbons (Fsp3) is 0.588. The molecule has 1 saturated heterocycles. The molecule has 6 heteroatoms. The third-order valence-corrected chi connectivity index (χ3v) is 4.77. The van der Waals surface area contributed by atoms with Crippen LogP contribution in [0.5, 0.6) is 5.75 Å². The predicted molar refractivity (Wildman–Crippen MR) is 90.0 cm³/mol. The zero-order valence-electron chi connectivity index (χ0n) is 14.1. The van der Waals surface area contributed by atoms with E-state index in [2.05, 4.69) is 23.8 Å². The molecule has 23 heavy (non-hydrogen) atoms. The second-order valence-corrected chi connectivity index (χ2v) is 6.69. The predicted octanol–water partition coefficient (Wildman–Crippen LogP) is 2.79. The molecule has 2 heterocycles. The van der Waals surface area contributed by atoms with Gasteiger partial charge < -0.3 is 15.4 Å². The number of ether oxygens (including phenoxy) is 1. The van der Waals surface area contributed by atoms with Crippen LogP contribution in [0.25, 0.3) is 10.9 Å². The Morgan fingerprint density at radius 1 is 1.35 bits per heavy atom. The van der Waals surface area contributed by atoms with Crippen LogP contribution in [0, 0.1) is 11.7 Å². The van der Waals surface area contributed by atoms with Crippen LogP contribution in [0.4, 0.5) is 10.2 Å². The molecule has 1 aromatic carbocycles. The lowest BCUT2D eigenvalue weighted by Crippen LogP contribution is -2.39. The molecule has 0 aliphatic carbocycles. The van der Waals surface area contributed by atoms with Gasteiger partial charge in [0.1, 0.15) is 11.6 Å². The van der Waals surface area contributed by atoms with Crippen molar-refractivity contribution in [2.24, 2.45) is 13.0 Å². The molecule has 3 rings (SSSR count). The van der Waals surface area contributed by atoms with Crippen molar-refractivity contribution in [3.05, 3.63) is 17.9 Å². The highest BCUT2D eigenvalue weighted by molar-refractivity contribution is 5.90. The first-order valence-corrected chi connectivity index (χ1v) is 8.24. The Bertz CT molecular complexity index is 689. The molecule has 0 bridgehead atoms. The first kappa shape index (κ1) is 16.1. The van der Waals surface area contributed by atoms with Crippen LogP contribution in [0.2, 0.25) is 0 Å². The van der Waals surface area contributed by atoms with Crippen molar-refractivity contribution in [3.8, 4) is 5.75 Å². The Kier molecular flexibility index (Phi) is 4.43. The largest absolute Gasteiger partial charge is 0.493 e. The number of aromatic nitrogens is 2. The van der Waals surface area contributed by atoms with Gasteiger partial charge >= 0.3 is 0 Å². The minimum Gasteiger partial charge on any atom is -0.493 e. The van der Waals surface area contributed by atoms with Gasteiger partial charge in [0.25, 0.3) is 0 Å². The molecule has 2 aromatic rings. The Hall–Kier alpha value is -1.82. The summed E-state index contributed by atoms with van der Waals surface area (Å²) in [5.74, 6) is 0.912.